The minimum Gasteiger partial charge on any atom is -0.359 e. The molecular formula is C11H10F3N3O. The van der Waals surface area contributed by atoms with Gasteiger partial charge in [0.2, 0.25) is 0 Å². The zero-order valence-electron chi connectivity index (χ0n) is 9.48. The first-order valence-corrected chi connectivity index (χ1v) is 5.27. The molecule has 1 aliphatic rings. The fraction of sp³-hybridized carbons (Fsp3) is 0.455. The second-order valence-electron chi connectivity index (χ2n) is 4.13. The lowest BCUT2D eigenvalue weighted by atomic mass is 10.00. The Hall–Kier alpha value is -1.72. The number of alkyl halides is 3. The van der Waals surface area contributed by atoms with E-state index in [-0.39, 0.29) is 0 Å². The number of nitrogens with zero attached hydrogens (tertiary/aromatic N) is 3. The molecule has 1 aliphatic heterocycles. The van der Waals surface area contributed by atoms with E-state index in [0.717, 1.165) is 5.56 Å². The van der Waals surface area contributed by atoms with Gasteiger partial charge in [-0.2, -0.15) is 13.2 Å². The number of fused-ring (bicyclic) bond motifs is 1. The van der Waals surface area contributed by atoms with Gasteiger partial charge in [-0.3, -0.25) is 0 Å². The van der Waals surface area contributed by atoms with E-state index in [4.69, 9.17) is 10.3 Å². The van der Waals surface area contributed by atoms with E-state index in [2.05, 4.69) is 10.0 Å². The van der Waals surface area contributed by atoms with Crippen LogP contribution in [0.3, 0.4) is 0 Å². The molecule has 0 amide bonds. The van der Waals surface area contributed by atoms with Crippen molar-refractivity contribution in [3.8, 4) is 0 Å². The monoisotopic (exact) mass is 257 g/mol. The molecule has 7 heteroatoms. The molecule has 0 aromatic heterocycles. The number of aryl methyl sites for hydroxylation is 1. The molecule has 1 aromatic carbocycles. The minimum absolute atomic E-state index is 0.440. The van der Waals surface area contributed by atoms with E-state index in [1.54, 1.807) is 18.2 Å². The molecule has 0 N–H and O–H groups in total. The van der Waals surface area contributed by atoms with Gasteiger partial charge in [-0.1, -0.05) is 28.9 Å². The zero-order chi connectivity index (χ0) is 13.3. The van der Waals surface area contributed by atoms with E-state index in [0.29, 0.717) is 11.1 Å². The van der Waals surface area contributed by atoms with Crippen LogP contribution in [-0.4, -0.2) is 6.18 Å². The highest BCUT2D eigenvalue weighted by Gasteiger charge is 2.39. The fourth-order valence-electron chi connectivity index (χ4n) is 2.01. The zero-order valence-corrected chi connectivity index (χ0v) is 9.48. The maximum atomic E-state index is 12.4. The SMILES string of the molecule is Cc1ccc2c(c1)[C@@H](N=[N+]=[N-])O[C@H]2CC(F)(F)F. The first-order valence-electron chi connectivity index (χ1n) is 5.27. The molecule has 0 unspecified atom stereocenters. The number of azide groups is 1. The number of hydrogen-bond acceptors (Lipinski definition) is 2. The van der Waals surface area contributed by atoms with Crippen molar-refractivity contribution in [1.82, 2.24) is 0 Å². The maximum Gasteiger partial charge on any atom is 0.391 e. The number of hydrogen-bond donors (Lipinski definition) is 0. The van der Waals surface area contributed by atoms with Crippen LogP contribution in [-0.2, 0) is 4.74 Å². The first-order chi connectivity index (χ1) is 8.40. The summed E-state index contributed by atoms with van der Waals surface area (Å²) in [4.78, 5) is 2.60. The third-order valence-corrected chi connectivity index (χ3v) is 2.72. The van der Waals surface area contributed by atoms with Crippen LogP contribution in [0, 0.1) is 6.92 Å². The molecule has 0 fully saturated rings. The Labute approximate surface area is 101 Å². The Morgan fingerprint density at radius 3 is 2.72 bits per heavy atom. The summed E-state index contributed by atoms with van der Waals surface area (Å²) in [7, 11) is 0. The van der Waals surface area contributed by atoms with Crippen LogP contribution in [0.25, 0.3) is 10.4 Å². The summed E-state index contributed by atoms with van der Waals surface area (Å²) in [5.74, 6) is 0. The van der Waals surface area contributed by atoms with Crippen LogP contribution in [0.2, 0.25) is 0 Å². The lowest BCUT2D eigenvalue weighted by Gasteiger charge is -2.14. The number of benzene rings is 1. The summed E-state index contributed by atoms with van der Waals surface area (Å²) in [5, 5.41) is 3.38. The third kappa shape index (κ3) is 2.57. The van der Waals surface area contributed by atoms with Crippen molar-refractivity contribution in [3.05, 3.63) is 45.3 Å². The fourth-order valence-corrected chi connectivity index (χ4v) is 2.01. The van der Waals surface area contributed by atoms with Gasteiger partial charge < -0.3 is 4.74 Å². The average Bonchev–Trinajstić information content (AvgIpc) is 2.55. The summed E-state index contributed by atoms with van der Waals surface area (Å²) in [6.45, 7) is 1.81. The predicted octanol–water partition coefficient (Wildman–Crippen LogP) is 4.33. The lowest BCUT2D eigenvalue weighted by molar-refractivity contribution is -0.164. The highest BCUT2D eigenvalue weighted by molar-refractivity contribution is 5.37. The van der Waals surface area contributed by atoms with Crippen molar-refractivity contribution in [3.63, 3.8) is 0 Å². The average molecular weight is 257 g/mol. The summed E-state index contributed by atoms with van der Waals surface area (Å²) in [6, 6.07) is 4.99. The van der Waals surface area contributed by atoms with Gasteiger partial charge in [0.25, 0.3) is 0 Å². The number of ether oxygens (including phenoxy) is 1. The van der Waals surface area contributed by atoms with Crippen LogP contribution in [0.1, 0.15) is 35.4 Å². The first kappa shape index (κ1) is 12.7. The molecule has 0 saturated heterocycles. The molecule has 18 heavy (non-hydrogen) atoms. The normalized spacial score (nSPS) is 22.4. The molecule has 2 rings (SSSR count). The topological polar surface area (TPSA) is 58.0 Å². The minimum atomic E-state index is -4.32. The Morgan fingerprint density at radius 2 is 2.11 bits per heavy atom. The Bertz CT molecular complexity index is 509. The molecule has 96 valence electrons. The van der Waals surface area contributed by atoms with E-state index < -0.39 is 24.9 Å². The van der Waals surface area contributed by atoms with Crippen LogP contribution >= 0.6 is 0 Å². The van der Waals surface area contributed by atoms with E-state index in [1.807, 2.05) is 6.92 Å². The van der Waals surface area contributed by atoms with Crippen molar-refractivity contribution < 1.29 is 17.9 Å². The van der Waals surface area contributed by atoms with Gasteiger partial charge in [0.1, 0.15) is 0 Å². The van der Waals surface area contributed by atoms with E-state index in [1.165, 1.54) is 0 Å². The predicted molar refractivity (Wildman–Crippen MR) is 57.6 cm³/mol. The molecule has 1 aromatic rings. The van der Waals surface area contributed by atoms with Crippen LogP contribution in [0.15, 0.2) is 23.3 Å². The molecule has 0 saturated carbocycles. The highest BCUT2D eigenvalue weighted by atomic mass is 19.4. The molecule has 0 radical (unpaired) electrons. The van der Waals surface area contributed by atoms with Gasteiger partial charge in [0, 0.05) is 4.91 Å². The van der Waals surface area contributed by atoms with Crippen LogP contribution < -0.4 is 0 Å². The maximum absolute atomic E-state index is 12.4. The lowest BCUT2D eigenvalue weighted by Crippen LogP contribution is -2.13. The van der Waals surface area contributed by atoms with Crippen LogP contribution in [0.5, 0.6) is 0 Å². The van der Waals surface area contributed by atoms with E-state index in [9.17, 15) is 13.2 Å². The summed E-state index contributed by atoms with van der Waals surface area (Å²) in [6.07, 6.45) is -7.48. The van der Waals surface area contributed by atoms with Crippen molar-refractivity contribution in [1.29, 1.82) is 0 Å². The molecule has 4 nitrogen and oxygen atoms in total. The molecular weight excluding hydrogens is 247 g/mol. The standard InChI is InChI=1S/C11H10F3N3O/c1-6-2-3-7-8(4-6)10(16-17-15)18-9(7)5-11(12,13)14/h2-4,9-10H,5H2,1H3/t9-,10-/m0/s1. The van der Waals surface area contributed by atoms with Gasteiger partial charge in [-0.05, 0) is 23.6 Å². The molecule has 0 bridgehead atoms. The Morgan fingerprint density at radius 1 is 1.39 bits per heavy atom. The number of rotatable bonds is 2. The van der Waals surface area contributed by atoms with Crippen molar-refractivity contribution in [2.45, 2.75) is 31.9 Å². The summed E-state index contributed by atoms with van der Waals surface area (Å²) >= 11 is 0. The molecule has 1 heterocycles. The third-order valence-electron chi connectivity index (χ3n) is 2.72. The van der Waals surface area contributed by atoms with Gasteiger partial charge in [0.05, 0.1) is 12.5 Å². The Balaban J connectivity index is 2.37. The highest BCUT2D eigenvalue weighted by Crippen LogP contribution is 2.45. The molecule has 2 atom stereocenters. The van der Waals surface area contributed by atoms with Crippen LogP contribution in [0.4, 0.5) is 13.2 Å². The van der Waals surface area contributed by atoms with Gasteiger partial charge in [-0.25, -0.2) is 0 Å². The van der Waals surface area contributed by atoms with Gasteiger partial charge in [0.15, 0.2) is 6.23 Å². The summed E-state index contributed by atoms with van der Waals surface area (Å²) < 4.78 is 42.4. The number of halogens is 3. The quantitative estimate of drug-likeness (QED) is 0.442. The van der Waals surface area contributed by atoms with Crippen molar-refractivity contribution in [2.75, 3.05) is 0 Å². The van der Waals surface area contributed by atoms with Gasteiger partial charge >= 0.3 is 6.18 Å². The molecule has 0 aliphatic carbocycles. The largest absolute Gasteiger partial charge is 0.391 e. The second-order valence-corrected chi connectivity index (χ2v) is 4.13. The van der Waals surface area contributed by atoms with Gasteiger partial charge in [-0.15, -0.1) is 0 Å². The smallest absolute Gasteiger partial charge is 0.359 e. The van der Waals surface area contributed by atoms with E-state index >= 15 is 0 Å². The van der Waals surface area contributed by atoms with Crippen molar-refractivity contribution in [2.24, 2.45) is 5.11 Å². The Kier molecular flexibility index (Phi) is 3.19. The molecule has 0 spiro atoms. The van der Waals surface area contributed by atoms with Crippen molar-refractivity contribution >= 4 is 0 Å². The summed E-state index contributed by atoms with van der Waals surface area (Å²) in [5.41, 5.74) is 10.2. The second kappa shape index (κ2) is 4.51.